The SMILES string of the molecule is Cc1cc(C)c(NC(=O)COc2ccc(Br)cc2/C=N\NC(=O)C(=O)NCc2ccco2)c(C)c1. The number of carbonyl (C=O) groups excluding carboxylic acids is 3. The van der Waals surface area contributed by atoms with Crippen LogP contribution in [-0.4, -0.2) is 30.5 Å². The number of anilines is 1. The molecule has 0 aliphatic rings. The zero-order valence-corrected chi connectivity index (χ0v) is 21.1. The van der Waals surface area contributed by atoms with Crippen molar-refractivity contribution in [1.82, 2.24) is 10.7 Å². The van der Waals surface area contributed by atoms with E-state index in [1.54, 1.807) is 30.3 Å². The lowest BCUT2D eigenvalue weighted by molar-refractivity contribution is -0.139. The maximum Gasteiger partial charge on any atom is 0.329 e. The highest BCUT2D eigenvalue weighted by Crippen LogP contribution is 2.23. The molecule has 0 spiro atoms. The highest BCUT2D eigenvalue weighted by Gasteiger charge is 2.13. The summed E-state index contributed by atoms with van der Waals surface area (Å²) in [4.78, 5) is 36.3. The molecule has 3 N–H and O–H groups in total. The molecular weight excluding hydrogens is 516 g/mol. The normalized spacial score (nSPS) is 10.7. The molecular formula is C25H25BrN4O5. The standard InChI is InChI=1S/C25H25BrN4O5/c1-15-9-16(2)23(17(3)10-15)29-22(31)14-35-21-7-6-19(26)11-18(21)12-28-30-25(33)24(32)27-13-20-5-4-8-34-20/h4-12H,13-14H2,1-3H3,(H,27,32)(H,29,31)(H,30,33)/b28-12-. The molecule has 0 saturated heterocycles. The summed E-state index contributed by atoms with van der Waals surface area (Å²) in [6.07, 6.45) is 2.79. The van der Waals surface area contributed by atoms with Crippen molar-refractivity contribution < 1.29 is 23.5 Å². The van der Waals surface area contributed by atoms with Gasteiger partial charge in [-0.25, -0.2) is 5.43 Å². The quantitative estimate of drug-likeness (QED) is 0.228. The molecule has 0 unspecified atom stereocenters. The van der Waals surface area contributed by atoms with Crippen LogP contribution in [-0.2, 0) is 20.9 Å². The van der Waals surface area contributed by atoms with E-state index in [2.05, 4.69) is 37.1 Å². The van der Waals surface area contributed by atoms with Crippen molar-refractivity contribution in [2.24, 2.45) is 5.10 Å². The fraction of sp³-hybridized carbons (Fsp3) is 0.200. The van der Waals surface area contributed by atoms with Crippen LogP contribution in [0.1, 0.15) is 28.0 Å². The third kappa shape index (κ3) is 7.54. The number of nitrogens with zero attached hydrogens (tertiary/aromatic N) is 1. The van der Waals surface area contributed by atoms with Gasteiger partial charge < -0.3 is 19.8 Å². The fourth-order valence-corrected chi connectivity index (χ4v) is 3.70. The summed E-state index contributed by atoms with van der Waals surface area (Å²) in [5.41, 5.74) is 6.47. The summed E-state index contributed by atoms with van der Waals surface area (Å²) in [6, 6.07) is 12.5. The monoisotopic (exact) mass is 540 g/mol. The molecule has 3 aromatic rings. The highest BCUT2D eigenvalue weighted by molar-refractivity contribution is 9.10. The Morgan fingerprint density at radius 2 is 1.80 bits per heavy atom. The zero-order valence-electron chi connectivity index (χ0n) is 19.5. The van der Waals surface area contributed by atoms with Crippen LogP contribution in [0.5, 0.6) is 5.75 Å². The Morgan fingerprint density at radius 3 is 2.49 bits per heavy atom. The lowest BCUT2D eigenvalue weighted by Gasteiger charge is -2.14. The van der Waals surface area contributed by atoms with Crippen molar-refractivity contribution in [2.45, 2.75) is 27.3 Å². The van der Waals surface area contributed by atoms with Crippen LogP contribution in [0.3, 0.4) is 0 Å². The van der Waals surface area contributed by atoms with E-state index >= 15 is 0 Å². The summed E-state index contributed by atoms with van der Waals surface area (Å²) in [6.45, 7) is 5.73. The van der Waals surface area contributed by atoms with Gasteiger partial charge in [-0.3, -0.25) is 14.4 Å². The second-order valence-corrected chi connectivity index (χ2v) is 8.67. The van der Waals surface area contributed by atoms with Crippen molar-refractivity contribution in [1.29, 1.82) is 0 Å². The largest absolute Gasteiger partial charge is 0.483 e. The number of hydrogen-bond donors (Lipinski definition) is 3. The fourth-order valence-electron chi connectivity index (χ4n) is 3.32. The van der Waals surface area contributed by atoms with Gasteiger partial charge in [-0.2, -0.15) is 5.10 Å². The number of hydrazone groups is 1. The first kappa shape index (κ1) is 25.7. The number of halogens is 1. The number of rotatable bonds is 8. The molecule has 0 aliphatic heterocycles. The number of amides is 3. The van der Waals surface area contributed by atoms with Crippen LogP contribution < -0.4 is 20.8 Å². The Kier molecular flexibility index (Phi) is 8.80. The van der Waals surface area contributed by atoms with E-state index in [1.165, 1.54) is 12.5 Å². The van der Waals surface area contributed by atoms with Gasteiger partial charge in [0.1, 0.15) is 11.5 Å². The van der Waals surface area contributed by atoms with Crippen LogP contribution in [0, 0.1) is 20.8 Å². The van der Waals surface area contributed by atoms with Crippen LogP contribution in [0.15, 0.2) is 62.7 Å². The molecule has 0 atom stereocenters. The first-order valence-electron chi connectivity index (χ1n) is 10.7. The van der Waals surface area contributed by atoms with Gasteiger partial charge in [0.15, 0.2) is 6.61 Å². The van der Waals surface area contributed by atoms with Crippen molar-refractivity contribution in [2.75, 3.05) is 11.9 Å². The molecule has 0 radical (unpaired) electrons. The maximum atomic E-state index is 12.5. The Labute approximate surface area is 211 Å². The summed E-state index contributed by atoms with van der Waals surface area (Å²) in [5, 5.41) is 9.13. The van der Waals surface area contributed by atoms with E-state index in [1.807, 2.05) is 32.9 Å². The number of nitrogens with one attached hydrogen (secondary N) is 3. The van der Waals surface area contributed by atoms with Gasteiger partial charge in [0.2, 0.25) is 0 Å². The summed E-state index contributed by atoms with van der Waals surface area (Å²) < 4.78 is 11.5. The van der Waals surface area contributed by atoms with Crippen molar-refractivity contribution in [3.05, 3.63) is 81.2 Å². The molecule has 0 saturated carbocycles. The first-order valence-corrected chi connectivity index (χ1v) is 11.5. The van der Waals surface area contributed by atoms with Crippen molar-refractivity contribution in [3.8, 4) is 5.75 Å². The molecule has 0 bridgehead atoms. The van der Waals surface area contributed by atoms with Crippen LogP contribution in [0.25, 0.3) is 0 Å². The lowest BCUT2D eigenvalue weighted by Crippen LogP contribution is -2.37. The topological polar surface area (TPSA) is 122 Å². The summed E-state index contributed by atoms with van der Waals surface area (Å²) in [7, 11) is 0. The zero-order chi connectivity index (χ0) is 25.4. The van der Waals surface area contributed by atoms with Gasteiger partial charge in [0.25, 0.3) is 5.91 Å². The van der Waals surface area contributed by atoms with Crippen LogP contribution in [0.4, 0.5) is 5.69 Å². The molecule has 182 valence electrons. The third-order valence-corrected chi connectivity index (χ3v) is 5.34. The van der Waals surface area contributed by atoms with E-state index in [0.717, 1.165) is 26.9 Å². The Balaban J connectivity index is 1.57. The molecule has 9 nitrogen and oxygen atoms in total. The molecule has 2 aromatic carbocycles. The number of benzene rings is 2. The van der Waals surface area contributed by atoms with Gasteiger partial charge in [-0.05, 0) is 62.2 Å². The lowest BCUT2D eigenvalue weighted by atomic mass is 10.1. The minimum atomic E-state index is -0.937. The molecule has 3 rings (SSSR count). The molecule has 0 aliphatic carbocycles. The second kappa shape index (κ2) is 12.0. The minimum absolute atomic E-state index is 0.0797. The predicted octanol–water partition coefficient (Wildman–Crippen LogP) is 3.75. The van der Waals surface area contributed by atoms with Crippen molar-refractivity contribution in [3.63, 3.8) is 0 Å². The van der Waals surface area contributed by atoms with Gasteiger partial charge in [-0.15, -0.1) is 0 Å². The van der Waals surface area contributed by atoms with Gasteiger partial charge in [0.05, 0.1) is 19.0 Å². The van der Waals surface area contributed by atoms with Crippen LogP contribution >= 0.6 is 15.9 Å². The molecule has 0 fully saturated rings. The number of hydrogen-bond acceptors (Lipinski definition) is 6. The second-order valence-electron chi connectivity index (χ2n) is 7.75. The smallest absolute Gasteiger partial charge is 0.329 e. The van der Waals surface area contributed by atoms with E-state index in [9.17, 15) is 14.4 Å². The Bertz CT molecular complexity index is 1230. The number of ether oxygens (including phenoxy) is 1. The number of carbonyl (C=O) groups is 3. The van der Waals surface area contributed by atoms with Gasteiger partial charge >= 0.3 is 11.8 Å². The average Bonchev–Trinajstić information content (AvgIpc) is 3.33. The highest BCUT2D eigenvalue weighted by atomic mass is 79.9. The average molecular weight is 541 g/mol. The molecule has 3 amide bonds. The molecule has 1 heterocycles. The van der Waals surface area contributed by atoms with E-state index < -0.39 is 11.8 Å². The van der Waals surface area contributed by atoms with Gasteiger partial charge in [-0.1, -0.05) is 33.6 Å². The Morgan fingerprint density at radius 1 is 1.06 bits per heavy atom. The Hall–Kier alpha value is -3.92. The molecule has 1 aromatic heterocycles. The van der Waals surface area contributed by atoms with Crippen LogP contribution in [0.2, 0.25) is 0 Å². The maximum absolute atomic E-state index is 12.5. The minimum Gasteiger partial charge on any atom is -0.483 e. The van der Waals surface area contributed by atoms with E-state index in [0.29, 0.717) is 17.1 Å². The van der Waals surface area contributed by atoms with E-state index in [4.69, 9.17) is 9.15 Å². The summed E-state index contributed by atoms with van der Waals surface area (Å²) in [5.74, 6) is -1.22. The summed E-state index contributed by atoms with van der Waals surface area (Å²) >= 11 is 3.37. The van der Waals surface area contributed by atoms with E-state index in [-0.39, 0.29) is 19.1 Å². The van der Waals surface area contributed by atoms with Crippen molar-refractivity contribution >= 4 is 45.6 Å². The first-order chi connectivity index (χ1) is 16.7. The third-order valence-electron chi connectivity index (χ3n) is 4.85. The number of furan rings is 1. The predicted molar refractivity (Wildman–Crippen MR) is 135 cm³/mol. The van der Waals surface area contributed by atoms with Gasteiger partial charge in [0, 0.05) is 15.7 Å². The molecule has 10 heteroatoms. The molecule has 35 heavy (non-hydrogen) atoms. The number of aryl methyl sites for hydroxylation is 3.